The van der Waals surface area contributed by atoms with Crippen LogP contribution < -0.4 is 14.6 Å². The van der Waals surface area contributed by atoms with Crippen molar-refractivity contribution in [3.8, 4) is 0 Å². The smallest absolute Gasteiger partial charge is 0.325 e. The fourth-order valence-electron chi connectivity index (χ4n) is 6.27. The molecule has 0 radical (unpaired) electrons. The molecule has 2 aromatic carbocycles. The van der Waals surface area contributed by atoms with Crippen LogP contribution in [0.1, 0.15) is 63.5 Å². The zero-order valence-electron chi connectivity index (χ0n) is 34.1. The molecule has 2 aliphatic heterocycles. The fraction of sp³-hybridized carbons (Fsp3) is 0.475. The molecule has 2 aliphatic rings. The zero-order valence-corrected chi connectivity index (χ0v) is 38.7. The summed E-state index contributed by atoms with van der Waals surface area (Å²) in [5, 5.41) is 0.199. The highest BCUT2D eigenvalue weighted by atomic mass is 35.5. The first kappa shape index (κ1) is 49.3. The summed E-state index contributed by atoms with van der Waals surface area (Å²) in [4.78, 5) is 54.4. The number of benzene rings is 2. The number of carbonyl (C=O) groups is 3. The molecule has 13 nitrogen and oxygen atoms in total. The van der Waals surface area contributed by atoms with E-state index in [1.807, 2.05) is 38.1 Å². The Kier molecular flexibility index (Phi) is 19.1. The van der Waals surface area contributed by atoms with Gasteiger partial charge in [-0.25, -0.2) is 14.1 Å². The SMILES string of the molecule is CC1(C)OC(c2ccco2)CN1C(=O)C(Cl)Cl.CCOCN(C(=O)CCl)c1c(C)cccc1CC.COC(=O)CSc1cc(/N=c2\sc(=O)n3n2CCCC3)c(F)cc1Cl. The van der Waals surface area contributed by atoms with Gasteiger partial charge in [0.05, 0.1) is 36.4 Å². The number of para-hydroxylation sites is 1. The molecular formula is C40H48Cl4FN5O8S2. The van der Waals surface area contributed by atoms with E-state index in [9.17, 15) is 23.6 Å². The zero-order chi connectivity index (χ0) is 44.1. The van der Waals surface area contributed by atoms with Crippen LogP contribution >= 0.6 is 69.5 Å². The van der Waals surface area contributed by atoms with E-state index in [2.05, 4.69) is 16.7 Å². The van der Waals surface area contributed by atoms with Gasteiger partial charge in [0.2, 0.25) is 10.7 Å². The first-order valence-electron chi connectivity index (χ1n) is 18.9. The van der Waals surface area contributed by atoms with Crippen molar-refractivity contribution in [1.29, 1.82) is 0 Å². The Bertz CT molecular complexity index is 2210. The van der Waals surface area contributed by atoms with Crippen LogP contribution in [0, 0.1) is 12.7 Å². The molecule has 1 saturated heterocycles. The third-order valence-electron chi connectivity index (χ3n) is 9.24. The van der Waals surface area contributed by atoms with Gasteiger partial charge in [0.1, 0.15) is 41.7 Å². The van der Waals surface area contributed by atoms with Crippen LogP contribution in [0.25, 0.3) is 0 Å². The second-order valence-corrected chi connectivity index (χ2v) is 17.4. The highest BCUT2D eigenvalue weighted by Gasteiger charge is 2.45. The van der Waals surface area contributed by atoms with E-state index in [-0.39, 0.29) is 51.9 Å². The van der Waals surface area contributed by atoms with Crippen LogP contribution in [0.3, 0.4) is 0 Å². The Balaban J connectivity index is 0.000000204. The fourth-order valence-corrected chi connectivity index (χ4v) is 8.64. The van der Waals surface area contributed by atoms with Crippen LogP contribution in [-0.2, 0) is 48.1 Å². The van der Waals surface area contributed by atoms with E-state index < -0.39 is 22.3 Å². The second-order valence-electron chi connectivity index (χ2n) is 13.6. The number of fused-ring (bicyclic) bond motifs is 1. The largest absolute Gasteiger partial charge is 0.468 e. The van der Waals surface area contributed by atoms with Crippen molar-refractivity contribution in [2.24, 2.45) is 4.99 Å². The molecule has 6 rings (SSSR count). The Morgan fingerprint density at radius 3 is 2.45 bits per heavy atom. The van der Waals surface area contributed by atoms with Gasteiger partial charge < -0.3 is 23.5 Å². The summed E-state index contributed by atoms with van der Waals surface area (Å²) in [6, 6.07) is 12.3. The van der Waals surface area contributed by atoms with Gasteiger partial charge >= 0.3 is 10.8 Å². The van der Waals surface area contributed by atoms with Gasteiger partial charge in [0.15, 0.2) is 4.84 Å². The molecule has 2 aromatic heterocycles. The number of alkyl halides is 3. The summed E-state index contributed by atoms with van der Waals surface area (Å²) in [5.74, 6) is -0.756. The van der Waals surface area contributed by atoms with Crippen molar-refractivity contribution in [1.82, 2.24) is 14.3 Å². The lowest BCUT2D eigenvalue weighted by atomic mass is 10.0. The van der Waals surface area contributed by atoms with Gasteiger partial charge in [-0.3, -0.25) is 28.8 Å². The highest BCUT2D eigenvalue weighted by Crippen LogP contribution is 2.37. The summed E-state index contributed by atoms with van der Waals surface area (Å²) in [7, 11) is 1.30. The number of anilines is 1. The molecule has 4 aromatic rings. The molecule has 0 saturated carbocycles. The topological polar surface area (TPSA) is 138 Å². The number of thioether (sulfide) groups is 1. The maximum atomic E-state index is 14.3. The number of aromatic nitrogens is 2. The number of nitrogens with zero attached hydrogens (tertiary/aromatic N) is 5. The van der Waals surface area contributed by atoms with Crippen LogP contribution in [-0.4, -0.2) is 81.2 Å². The van der Waals surface area contributed by atoms with Gasteiger partial charge in [-0.05, 0) is 93.7 Å². The molecule has 1 atom stereocenters. The Hall–Kier alpha value is -3.35. The second kappa shape index (κ2) is 23.2. The predicted molar refractivity (Wildman–Crippen MR) is 234 cm³/mol. The number of ether oxygens (including phenoxy) is 3. The van der Waals surface area contributed by atoms with Gasteiger partial charge in [0, 0.05) is 24.6 Å². The predicted octanol–water partition coefficient (Wildman–Crippen LogP) is 8.64. The Morgan fingerprint density at radius 2 is 1.83 bits per heavy atom. The lowest BCUT2D eigenvalue weighted by Gasteiger charge is -2.29. The van der Waals surface area contributed by atoms with Gasteiger partial charge in [-0.2, -0.15) is 0 Å². The number of carbonyl (C=O) groups excluding carboxylic acids is 3. The van der Waals surface area contributed by atoms with Crippen molar-refractivity contribution in [2.45, 2.75) is 88.5 Å². The number of halogens is 5. The van der Waals surface area contributed by atoms with Crippen molar-refractivity contribution in [2.75, 3.05) is 43.5 Å². The molecule has 0 bridgehead atoms. The third kappa shape index (κ3) is 12.8. The standard InChI is InChI=1S/C15H15ClFN3O3S2.C14H20ClNO2.C11H13Cl2NO3/c1-23-13(21)8-24-12-7-11(10(17)6-9(12)16)18-14-19-4-2-3-5-20(19)15(22)25-14;1-4-12-8-6-7-11(3)14(12)16(10-18-5-2)13(17)9-15;1-11(2)14(10(15)9(12)13)6-8(17-11)7-4-3-5-16-7/h6-7H,2-5,8H2,1H3;6-8H,4-5,9-10H2,1-3H3;3-5,8-9H,6H2,1-2H3/b18-14-;;. The molecule has 20 heteroatoms. The van der Waals surface area contributed by atoms with Crippen LogP contribution in [0.5, 0.6) is 0 Å². The lowest BCUT2D eigenvalue weighted by Crippen LogP contribution is -2.45. The maximum Gasteiger partial charge on any atom is 0.325 e. The monoisotopic (exact) mass is 949 g/mol. The molecule has 1 unspecified atom stereocenters. The minimum absolute atomic E-state index is 0.0371. The van der Waals surface area contributed by atoms with Gasteiger partial charge in [-0.15, -0.1) is 23.4 Å². The molecule has 0 spiro atoms. The molecule has 0 N–H and O–H groups in total. The van der Waals surface area contributed by atoms with Gasteiger partial charge in [0.25, 0.3) is 5.91 Å². The number of hydrogen-bond acceptors (Lipinski definition) is 11. The summed E-state index contributed by atoms with van der Waals surface area (Å²) >= 11 is 25.1. The molecular weight excluding hydrogens is 903 g/mol. The number of methoxy groups -OCH3 is 1. The van der Waals surface area contributed by atoms with E-state index in [0.717, 1.165) is 65.2 Å². The maximum absolute atomic E-state index is 14.3. The first-order valence-corrected chi connectivity index (χ1v) is 22.5. The van der Waals surface area contributed by atoms with E-state index >= 15 is 0 Å². The molecule has 60 heavy (non-hydrogen) atoms. The summed E-state index contributed by atoms with van der Waals surface area (Å²) < 4.78 is 38.7. The number of hydrogen-bond donors (Lipinski definition) is 0. The van der Waals surface area contributed by atoms with E-state index in [0.29, 0.717) is 41.7 Å². The molecule has 1 fully saturated rings. The Morgan fingerprint density at radius 1 is 1.12 bits per heavy atom. The highest BCUT2D eigenvalue weighted by molar-refractivity contribution is 8.00. The van der Waals surface area contributed by atoms with Crippen LogP contribution in [0.2, 0.25) is 5.02 Å². The Labute approximate surface area is 376 Å². The molecule has 4 heterocycles. The minimum Gasteiger partial charge on any atom is -0.468 e. The average Bonchev–Trinajstić information content (AvgIpc) is 3.96. The average molecular weight is 952 g/mol. The third-order valence-corrected chi connectivity index (χ3v) is 12.2. The minimum atomic E-state index is -1.08. The number of rotatable bonds is 12. The summed E-state index contributed by atoms with van der Waals surface area (Å²) in [5.41, 5.74) is 2.47. The molecule has 2 amide bonds. The van der Waals surface area contributed by atoms with Crippen molar-refractivity contribution in [3.05, 3.63) is 90.9 Å². The van der Waals surface area contributed by atoms with Crippen molar-refractivity contribution < 1.29 is 37.4 Å². The molecule has 0 aliphatic carbocycles. The lowest BCUT2D eigenvalue weighted by molar-refractivity contribution is -0.144. The van der Waals surface area contributed by atoms with E-state index in [4.69, 9.17) is 60.3 Å². The quantitative estimate of drug-likeness (QED) is 0.0592. The van der Waals surface area contributed by atoms with Crippen molar-refractivity contribution >= 4 is 98.7 Å². The van der Waals surface area contributed by atoms with Crippen LogP contribution in [0.15, 0.2) is 67.8 Å². The van der Waals surface area contributed by atoms with Crippen molar-refractivity contribution in [3.63, 3.8) is 0 Å². The normalized spacial score (nSPS) is 15.8. The number of amides is 2. The van der Waals surface area contributed by atoms with E-state index in [1.165, 1.54) is 18.1 Å². The number of furan rings is 1. The number of esters is 1. The number of aryl methyl sites for hydroxylation is 2. The summed E-state index contributed by atoms with van der Waals surface area (Å²) in [6.07, 6.45) is 4.06. The van der Waals surface area contributed by atoms with Gasteiger partial charge in [-0.1, -0.05) is 59.9 Å². The molecule has 328 valence electrons. The summed E-state index contributed by atoms with van der Waals surface area (Å²) in [6.45, 7) is 12.1. The van der Waals surface area contributed by atoms with Crippen LogP contribution in [0.4, 0.5) is 15.8 Å². The first-order chi connectivity index (χ1) is 28.6. The van der Waals surface area contributed by atoms with E-state index in [1.54, 1.807) is 40.4 Å².